The van der Waals surface area contributed by atoms with Gasteiger partial charge in [-0.05, 0) is 29.8 Å². The van der Waals surface area contributed by atoms with Crippen LogP contribution in [0.25, 0.3) is 11.0 Å². The van der Waals surface area contributed by atoms with Gasteiger partial charge in [0.25, 0.3) is 10.0 Å². The summed E-state index contributed by atoms with van der Waals surface area (Å²) in [7, 11) is -1.52. The zero-order valence-electron chi connectivity index (χ0n) is 17.1. The molecule has 0 unspecified atom stereocenters. The molecule has 0 aliphatic rings. The average molecular weight is 460 g/mol. The van der Waals surface area contributed by atoms with E-state index >= 15 is 0 Å². The fraction of sp³-hybridized carbons (Fsp3) is 0.200. The van der Waals surface area contributed by atoms with E-state index in [1.807, 2.05) is 0 Å². The summed E-state index contributed by atoms with van der Waals surface area (Å²) in [4.78, 5) is -0.212. The highest BCUT2D eigenvalue weighted by Gasteiger charge is 2.27. The van der Waals surface area contributed by atoms with Gasteiger partial charge in [0, 0.05) is 11.8 Å². The first-order valence-electron chi connectivity index (χ1n) is 9.33. The lowest BCUT2D eigenvalue weighted by Crippen LogP contribution is -2.15. The summed E-state index contributed by atoms with van der Waals surface area (Å²) in [6, 6.07) is 7.64. The van der Waals surface area contributed by atoms with Crippen molar-refractivity contribution in [1.29, 1.82) is 0 Å². The SMILES string of the molecule is COc1cccc(OC)c1S(=O)(=O)Nc1noc2cc(Cn3cc(CO)cn3)cc(O)c12. The molecular weight excluding hydrogens is 440 g/mol. The van der Waals surface area contributed by atoms with E-state index in [2.05, 4.69) is 15.0 Å². The molecule has 0 atom stereocenters. The maximum Gasteiger partial charge on any atom is 0.270 e. The summed E-state index contributed by atoms with van der Waals surface area (Å²) in [5.41, 5.74) is 1.47. The molecule has 168 valence electrons. The van der Waals surface area contributed by atoms with Crippen molar-refractivity contribution in [2.45, 2.75) is 18.0 Å². The Labute approximate surface area is 182 Å². The lowest BCUT2D eigenvalue weighted by Gasteiger charge is -2.13. The number of ether oxygens (including phenoxy) is 2. The van der Waals surface area contributed by atoms with Gasteiger partial charge in [0.05, 0.1) is 33.6 Å². The number of phenolic OH excluding ortho intramolecular Hbond substituents is 1. The van der Waals surface area contributed by atoms with Crippen LogP contribution in [0.4, 0.5) is 5.82 Å². The van der Waals surface area contributed by atoms with Crippen LogP contribution in [0.1, 0.15) is 11.1 Å². The average Bonchev–Trinajstić information content (AvgIpc) is 3.39. The third-order valence-electron chi connectivity index (χ3n) is 4.71. The second-order valence-electron chi connectivity index (χ2n) is 6.82. The molecule has 0 saturated heterocycles. The molecule has 12 heteroatoms. The molecule has 0 radical (unpaired) electrons. The van der Waals surface area contributed by atoms with Gasteiger partial charge in [-0.15, -0.1) is 0 Å². The lowest BCUT2D eigenvalue weighted by atomic mass is 10.1. The second-order valence-corrected chi connectivity index (χ2v) is 8.44. The maximum absolute atomic E-state index is 13.1. The Hall–Kier alpha value is -3.77. The molecule has 32 heavy (non-hydrogen) atoms. The van der Waals surface area contributed by atoms with Gasteiger partial charge in [-0.1, -0.05) is 11.2 Å². The molecule has 0 amide bonds. The van der Waals surface area contributed by atoms with Gasteiger partial charge in [-0.2, -0.15) is 5.10 Å². The van der Waals surface area contributed by atoms with Crippen LogP contribution >= 0.6 is 0 Å². The number of aliphatic hydroxyl groups is 1. The smallest absolute Gasteiger partial charge is 0.270 e. The molecule has 0 spiro atoms. The van der Waals surface area contributed by atoms with Gasteiger partial charge in [0.15, 0.2) is 16.3 Å². The summed E-state index contributed by atoms with van der Waals surface area (Å²) >= 11 is 0. The molecule has 0 saturated carbocycles. The van der Waals surface area contributed by atoms with E-state index in [0.717, 1.165) is 0 Å². The van der Waals surface area contributed by atoms with Gasteiger partial charge >= 0.3 is 0 Å². The molecule has 4 rings (SSSR count). The number of rotatable bonds is 8. The third-order valence-corrected chi connectivity index (χ3v) is 6.11. The van der Waals surface area contributed by atoms with Crippen molar-refractivity contribution < 1.29 is 32.6 Å². The Morgan fingerprint density at radius 2 is 1.88 bits per heavy atom. The number of fused-ring (bicyclic) bond motifs is 1. The highest BCUT2D eigenvalue weighted by Crippen LogP contribution is 2.37. The summed E-state index contributed by atoms with van der Waals surface area (Å²) in [6.45, 7) is 0.163. The normalized spacial score (nSPS) is 11.6. The first-order chi connectivity index (χ1) is 15.4. The van der Waals surface area contributed by atoms with E-state index < -0.39 is 10.0 Å². The fourth-order valence-electron chi connectivity index (χ4n) is 3.29. The molecule has 0 aliphatic heterocycles. The van der Waals surface area contributed by atoms with Gasteiger partial charge in [0.2, 0.25) is 0 Å². The first-order valence-corrected chi connectivity index (χ1v) is 10.8. The summed E-state index contributed by atoms with van der Waals surface area (Å²) in [6.07, 6.45) is 3.20. The fourth-order valence-corrected chi connectivity index (χ4v) is 4.62. The Kier molecular flexibility index (Phi) is 5.63. The Bertz CT molecular complexity index is 1360. The molecule has 2 heterocycles. The first kappa shape index (κ1) is 21.5. The van der Waals surface area contributed by atoms with E-state index in [1.165, 1.54) is 38.6 Å². The molecular formula is C20H20N4O7S. The number of methoxy groups -OCH3 is 2. The number of aromatic nitrogens is 3. The monoisotopic (exact) mass is 460 g/mol. The minimum absolute atomic E-state index is 0.0811. The molecule has 3 N–H and O–H groups in total. The van der Waals surface area contributed by atoms with Crippen LogP contribution in [0, 0.1) is 0 Å². The van der Waals surface area contributed by atoms with Crippen LogP contribution in [0.5, 0.6) is 17.2 Å². The minimum Gasteiger partial charge on any atom is -0.507 e. The molecule has 2 aromatic carbocycles. The molecule has 4 aromatic rings. The van der Waals surface area contributed by atoms with Crippen molar-refractivity contribution in [3.05, 3.63) is 53.9 Å². The number of anilines is 1. The topological polar surface area (TPSA) is 149 Å². The van der Waals surface area contributed by atoms with Crippen molar-refractivity contribution in [2.24, 2.45) is 0 Å². The van der Waals surface area contributed by atoms with Crippen LogP contribution in [-0.4, -0.2) is 47.8 Å². The number of hydrogen-bond donors (Lipinski definition) is 3. The van der Waals surface area contributed by atoms with Gasteiger partial charge in [0.1, 0.15) is 22.6 Å². The Balaban J connectivity index is 1.69. The zero-order valence-corrected chi connectivity index (χ0v) is 18.0. The number of hydrogen-bond acceptors (Lipinski definition) is 9. The third kappa shape index (κ3) is 3.92. The minimum atomic E-state index is -4.21. The van der Waals surface area contributed by atoms with Crippen LogP contribution < -0.4 is 14.2 Å². The molecule has 2 aromatic heterocycles. The number of aromatic hydroxyl groups is 1. The number of benzene rings is 2. The highest BCUT2D eigenvalue weighted by atomic mass is 32.2. The van der Waals surface area contributed by atoms with Crippen molar-refractivity contribution in [3.63, 3.8) is 0 Å². The highest BCUT2D eigenvalue weighted by molar-refractivity contribution is 7.93. The van der Waals surface area contributed by atoms with E-state index in [9.17, 15) is 13.5 Å². The van der Waals surface area contributed by atoms with Crippen molar-refractivity contribution in [2.75, 3.05) is 18.9 Å². The maximum atomic E-state index is 13.1. The second kappa shape index (κ2) is 8.40. The predicted octanol–water partition coefficient (Wildman–Crippen LogP) is 2.09. The predicted molar refractivity (Wildman–Crippen MR) is 113 cm³/mol. The van der Waals surface area contributed by atoms with Crippen molar-refractivity contribution in [3.8, 4) is 17.2 Å². The van der Waals surface area contributed by atoms with Crippen molar-refractivity contribution in [1.82, 2.24) is 14.9 Å². The quantitative estimate of drug-likeness (QED) is 0.359. The number of nitrogens with one attached hydrogen (secondary N) is 1. The number of phenols is 1. The lowest BCUT2D eigenvalue weighted by molar-refractivity contribution is 0.281. The van der Waals surface area contributed by atoms with Gasteiger partial charge in [-0.25, -0.2) is 8.42 Å². The van der Waals surface area contributed by atoms with E-state index in [0.29, 0.717) is 17.7 Å². The van der Waals surface area contributed by atoms with Crippen LogP contribution in [0.3, 0.4) is 0 Å². The van der Waals surface area contributed by atoms with Crippen LogP contribution in [0.2, 0.25) is 0 Å². The molecule has 0 fully saturated rings. The van der Waals surface area contributed by atoms with E-state index in [1.54, 1.807) is 23.0 Å². The van der Waals surface area contributed by atoms with Crippen LogP contribution in [-0.2, 0) is 23.2 Å². The van der Waals surface area contributed by atoms with Crippen molar-refractivity contribution >= 4 is 26.8 Å². The van der Waals surface area contributed by atoms with Gasteiger partial charge < -0.3 is 24.2 Å². The Morgan fingerprint density at radius 3 is 2.50 bits per heavy atom. The number of nitrogens with zero attached hydrogens (tertiary/aromatic N) is 3. The zero-order chi connectivity index (χ0) is 22.9. The number of aliphatic hydroxyl groups excluding tert-OH is 1. The standard InChI is InChI=1S/C20H20N4O7S/c1-29-15-4-3-5-16(30-2)19(15)32(27,28)23-20-18-14(26)6-12(7-17(18)31-22-20)9-24-10-13(11-25)8-21-24/h3-8,10,25-26H,9,11H2,1-2H3,(H,22,23). The van der Waals surface area contributed by atoms with Gasteiger partial charge in [-0.3, -0.25) is 9.40 Å². The molecule has 0 aliphatic carbocycles. The van der Waals surface area contributed by atoms with Crippen LogP contribution in [0.15, 0.2) is 52.1 Å². The summed E-state index contributed by atoms with van der Waals surface area (Å²) in [5.74, 6) is -0.244. The molecule has 0 bridgehead atoms. The number of sulfonamides is 1. The van der Waals surface area contributed by atoms with E-state index in [4.69, 9.17) is 19.1 Å². The Morgan fingerprint density at radius 1 is 1.16 bits per heavy atom. The summed E-state index contributed by atoms with van der Waals surface area (Å²) in [5, 5.41) is 27.7. The largest absolute Gasteiger partial charge is 0.507 e. The summed E-state index contributed by atoms with van der Waals surface area (Å²) < 4.78 is 45.7. The van der Waals surface area contributed by atoms with E-state index in [-0.39, 0.29) is 45.5 Å². The molecule has 11 nitrogen and oxygen atoms in total.